The van der Waals surface area contributed by atoms with Gasteiger partial charge in [-0.25, -0.2) is 13.7 Å². The molecule has 0 fully saturated rings. The van der Waals surface area contributed by atoms with E-state index >= 15 is 0 Å². The fraction of sp³-hybridized carbons (Fsp3) is 0.562. The van der Waals surface area contributed by atoms with Crippen LogP contribution in [0, 0.1) is 0 Å². The molecule has 124 valence electrons. The molecule has 2 atom stereocenters. The first kappa shape index (κ1) is 18.6. The van der Waals surface area contributed by atoms with Crippen molar-refractivity contribution in [1.82, 2.24) is 4.72 Å². The van der Waals surface area contributed by atoms with Crippen LogP contribution in [0.25, 0.3) is 0 Å². The highest BCUT2D eigenvalue weighted by Crippen LogP contribution is 2.22. The third-order valence-corrected chi connectivity index (χ3v) is 4.38. The van der Waals surface area contributed by atoms with Gasteiger partial charge < -0.3 is 9.47 Å². The maximum atomic E-state index is 12.3. The molecule has 1 N–H and O–H groups in total. The van der Waals surface area contributed by atoms with Gasteiger partial charge in [0.1, 0.15) is 11.8 Å². The van der Waals surface area contributed by atoms with Crippen molar-refractivity contribution in [3.8, 4) is 5.75 Å². The van der Waals surface area contributed by atoms with E-state index in [1.807, 2.05) is 20.8 Å². The van der Waals surface area contributed by atoms with E-state index in [1.165, 1.54) is 0 Å². The van der Waals surface area contributed by atoms with Gasteiger partial charge in [0.25, 0.3) is 0 Å². The van der Waals surface area contributed by atoms with Gasteiger partial charge in [0.05, 0.1) is 28.9 Å². The molecule has 0 spiro atoms. The van der Waals surface area contributed by atoms with E-state index in [0.717, 1.165) is 0 Å². The van der Waals surface area contributed by atoms with E-state index in [4.69, 9.17) is 9.47 Å². The molecule has 0 saturated carbocycles. The van der Waals surface area contributed by atoms with Gasteiger partial charge in [-0.15, -0.1) is 0 Å². The monoisotopic (exact) mass is 327 g/mol. The fourth-order valence-corrected chi connectivity index (χ4v) is 2.43. The maximum Gasteiger partial charge on any atom is 0.328 e. The minimum Gasteiger partial charge on any atom is -0.497 e. The molecule has 0 radical (unpaired) electrons. The normalized spacial score (nSPS) is 14.5. The van der Waals surface area contributed by atoms with Crippen LogP contribution in [-0.2, 0) is 20.5 Å². The second kappa shape index (κ2) is 7.74. The molecule has 1 unspecified atom stereocenters. The molecule has 6 heteroatoms. The Balaban J connectivity index is 3.04. The van der Waals surface area contributed by atoms with Crippen LogP contribution in [0.1, 0.15) is 46.2 Å². The summed E-state index contributed by atoms with van der Waals surface area (Å²) in [5, 5.41) is 0. The Morgan fingerprint density at radius 1 is 1.18 bits per heavy atom. The molecule has 0 aliphatic carbocycles. The van der Waals surface area contributed by atoms with Gasteiger partial charge in [-0.05, 0) is 52.3 Å². The molecule has 1 aromatic rings. The van der Waals surface area contributed by atoms with Crippen molar-refractivity contribution >= 4 is 17.0 Å². The van der Waals surface area contributed by atoms with Crippen molar-refractivity contribution in [3.05, 3.63) is 29.8 Å². The minimum atomic E-state index is -1.39. The summed E-state index contributed by atoms with van der Waals surface area (Å²) in [6.07, 6.45) is -0.238. The average molecular weight is 327 g/mol. The molecule has 0 aliphatic heterocycles. The molecule has 22 heavy (non-hydrogen) atoms. The summed E-state index contributed by atoms with van der Waals surface area (Å²) in [4.78, 5) is 12.3. The molecule has 1 aromatic carbocycles. The summed E-state index contributed by atoms with van der Waals surface area (Å²) in [7, 11) is 0.183. The number of esters is 1. The molecule has 0 aliphatic rings. The largest absolute Gasteiger partial charge is 0.497 e. The third-order valence-electron chi connectivity index (χ3n) is 2.82. The van der Waals surface area contributed by atoms with Crippen molar-refractivity contribution < 1.29 is 18.5 Å². The van der Waals surface area contributed by atoms with E-state index in [2.05, 4.69) is 4.72 Å². The lowest BCUT2D eigenvalue weighted by atomic mass is 10.1. The van der Waals surface area contributed by atoms with E-state index in [1.54, 1.807) is 45.2 Å². The molecular weight excluding hydrogens is 302 g/mol. The number of ether oxygens (including phenoxy) is 2. The molecular formula is C16H25NO4S. The summed E-state index contributed by atoms with van der Waals surface area (Å²) < 4.78 is 25.1. The molecule has 0 heterocycles. The Morgan fingerprint density at radius 2 is 1.73 bits per heavy atom. The Morgan fingerprint density at radius 3 is 2.14 bits per heavy atom. The highest BCUT2D eigenvalue weighted by Gasteiger charge is 2.29. The zero-order valence-corrected chi connectivity index (χ0v) is 14.8. The first-order valence-electron chi connectivity index (χ1n) is 7.17. The number of nitrogens with one attached hydrogen (secondary N) is 1. The van der Waals surface area contributed by atoms with Crippen molar-refractivity contribution in [3.63, 3.8) is 0 Å². The second-order valence-electron chi connectivity index (χ2n) is 6.19. The summed E-state index contributed by atoms with van der Waals surface area (Å²) in [6.45, 7) is 9.09. The van der Waals surface area contributed by atoms with E-state index in [9.17, 15) is 9.00 Å². The average Bonchev–Trinajstić information content (AvgIpc) is 2.42. The third kappa shape index (κ3) is 5.42. The predicted octanol–water partition coefficient (Wildman–Crippen LogP) is 2.74. The lowest BCUT2D eigenvalue weighted by Gasteiger charge is -2.24. The predicted molar refractivity (Wildman–Crippen MR) is 88.0 cm³/mol. The minimum absolute atomic E-state index is 0.238. The number of hydrogen-bond acceptors (Lipinski definition) is 4. The smallest absolute Gasteiger partial charge is 0.328 e. The van der Waals surface area contributed by atoms with Gasteiger partial charge >= 0.3 is 5.97 Å². The molecule has 0 saturated heterocycles. The fourth-order valence-electron chi connectivity index (χ4n) is 1.63. The van der Waals surface area contributed by atoms with Crippen LogP contribution in [0.15, 0.2) is 24.3 Å². The second-order valence-corrected chi connectivity index (χ2v) is 8.19. The van der Waals surface area contributed by atoms with Crippen LogP contribution < -0.4 is 9.46 Å². The highest BCUT2D eigenvalue weighted by molar-refractivity contribution is 7.84. The zero-order valence-electron chi connectivity index (χ0n) is 14.0. The Kier molecular flexibility index (Phi) is 6.56. The summed E-state index contributed by atoms with van der Waals surface area (Å²) in [5.41, 5.74) is 0.684. The Hall–Kier alpha value is -1.40. The van der Waals surface area contributed by atoms with E-state index in [0.29, 0.717) is 11.3 Å². The van der Waals surface area contributed by atoms with Gasteiger partial charge in [-0.3, -0.25) is 0 Å². The van der Waals surface area contributed by atoms with E-state index < -0.39 is 27.7 Å². The van der Waals surface area contributed by atoms with Crippen LogP contribution in [0.2, 0.25) is 0 Å². The lowest BCUT2D eigenvalue weighted by molar-refractivity contribution is -0.149. The van der Waals surface area contributed by atoms with Crippen LogP contribution in [0.5, 0.6) is 5.75 Å². The number of hydrogen-bond donors (Lipinski definition) is 1. The molecule has 5 nitrogen and oxygen atoms in total. The standard InChI is InChI=1S/C16H25NO4S/c1-11(2)21-15(18)14(17-22(19)16(3,4)5)12-7-9-13(20-6)10-8-12/h7-11,14,17H,1-6H3/t14-,22?/m1/s1. The van der Waals surface area contributed by atoms with Gasteiger partial charge in [0, 0.05) is 0 Å². The topological polar surface area (TPSA) is 64.6 Å². The molecule has 1 rings (SSSR count). The summed E-state index contributed by atoms with van der Waals surface area (Å²) >= 11 is 0. The Bertz CT molecular complexity index is 520. The highest BCUT2D eigenvalue weighted by atomic mass is 32.2. The van der Waals surface area contributed by atoms with Crippen LogP contribution in [0.4, 0.5) is 0 Å². The zero-order chi connectivity index (χ0) is 16.9. The van der Waals surface area contributed by atoms with Crippen LogP contribution >= 0.6 is 0 Å². The van der Waals surface area contributed by atoms with E-state index in [-0.39, 0.29) is 6.10 Å². The number of methoxy groups -OCH3 is 1. The molecule has 0 bridgehead atoms. The van der Waals surface area contributed by atoms with Crippen LogP contribution in [-0.4, -0.2) is 28.1 Å². The molecule has 0 aromatic heterocycles. The van der Waals surface area contributed by atoms with Gasteiger partial charge in [0.15, 0.2) is 0 Å². The van der Waals surface area contributed by atoms with Crippen molar-refractivity contribution in [2.45, 2.75) is 51.5 Å². The number of carbonyl (C=O) groups excluding carboxylic acids is 1. The first-order valence-corrected chi connectivity index (χ1v) is 8.32. The van der Waals surface area contributed by atoms with Crippen molar-refractivity contribution in [1.29, 1.82) is 0 Å². The van der Waals surface area contributed by atoms with Gasteiger partial charge in [0.2, 0.25) is 0 Å². The maximum absolute atomic E-state index is 12.3. The van der Waals surface area contributed by atoms with Gasteiger partial charge in [-0.1, -0.05) is 12.1 Å². The number of rotatable bonds is 6. The summed E-state index contributed by atoms with van der Waals surface area (Å²) in [6, 6.07) is 6.25. The number of benzene rings is 1. The molecule has 0 amide bonds. The van der Waals surface area contributed by atoms with Crippen LogP contribution in [0.3, 0.4) is 0 Å². The van der Waals surface area contributed by atoms with Crippen molar-refractivity contribution in [2.75, 3.05) is 7.11 Å². The first-order chi connectivity index (χ1) is 10.1. The summed E-state index contributed by atoms with van der Waals surface area (Å²) in [5.74, 6) is 0.245. The lowest BCUT2D eigenvalue weighted by Crippen LogP contribution is -2.39. The Labute approximate surface area is 135 Å². The number of carbonyl (C=O) groups is 1. The van der Waals surface area contributed by atoms with Crippen molar-refractivity contribution in [2.24, 2.45) is 0 Å². The quantitative estimate of drug-likeness (QED) is 0.816. The van der Waals surface area contributed by atoms with Gasteiger partial charge in [-0.2, -0.15) is 0 Å². The SMILES string of the molecule is COc1ccc([C@@H](NS(=O)C(C)(C)C)C(=O)OC(C)C)cc1.